The highest BCUT2D eigenvalue weighted by atomic mass is 19.1. The minimum absolute atomic E-state index is 0.0199. The summed E-state index contributed by atoms with van der Waals surface area (Å²) in [4.78, 5) is 11.6. The number of hydrogen-bond donors (Lipinski definition) is 2. The first-order valence-corrected chi connectivity index (χ1v) is 6.77. The molecule has 1 aromatic rings. The van der Waals surface area contributed by atoms with Crippen LogP contribution in [0.25, 0.3) is 0 Å². The van der Waals surface area contributed by atoms with Crippen LogP contribution in [0.15, 0.2) is 18.2 Å². The third-order valence-electron chi connectivity index (χ3n) is 4.22. The third-order valence-corrected chi connectivity index (χ3v) is 4.22. The van der Waals surface area contributed by atoms with E-state index in [1.807, 2.05) is 0 Å². The van der Waals surface area contributed by atoms with Crippen LogP contribution in [0.4, 0.5) is 10.1 Å². The first-order chi connectivity index (χ1) is 9.00. The smallest absolute Gasteiger partial charge is 0.311 e. The number of nitrogens with two attached hydrogens (primary N) is 1. The number of benzene rings is 1. The molecule has 1 aliphatic carbocycles. The summed E-state index contributed by atoms with van der Waals surface area (Å²) in [7, 11) is 0. The maximum atomic E-state index is 13.5. The number of nitrogen functional groups attached to an aromatic ring is 1. The molecule has 0 amide bonds. The second kappa shape index (κ2) is 5.59. The lowest BCUT2D eigenvalue weighted by Crippen LogP contribution is -2.26. The van der Waals surface area contributed by atoms with Gasteiger partial charge in [-0.05, 0) is 36.3 Å². The fraction of sp³-hybridized carbons (Fsp3) is 0.533. The molecule has 3 N–H and O–H groups in total. The normalized spacial score (nSPS) is 24.9. The number of carboxylic acids is 1. The van der Waals surface area contributed by atoms with Gasteiger partial charge in [-0.15, -0.1) is 0 Å². The summed E-state index contributed by atoms with van der Waals surface area (Å²) in [5, 5.41) is 9.48. The summed E-state index contributed by atoms with van der Waals surface area (Å²) >= 11 is 0. The number of halogens is 1. The monoisotopic (exact) mass is 265 g/mol. The van der Waals surface area contributed by atoms with Crippen molar-refractivity contribution in [3.05, 3.63) is 29.6 Å². The molecule has 0 aliphatic heterocycles. The average Bonchev–Trinajstić information content (AvgIpc) is 2.37. The molecule has 1 unspecified atom stereocenters. The molecule has 1 atom stereocenters. The number of aliphatic carboxylic acids is 1. The Labute approximate surface area is 112 Å². The van der Waals surface area contributed by atoms with Crippen molar-refractivity contribution in [2.45, 2.75) is 38.5 Å². The van der Waals surface area contributed by atoms with Gasteiger partial charge < -0.3 is 10.8 Å². The fourth-order valence-electron chi connectivity index (χ4n) is 3.03. The molecule has 0 aromatic heterocycles. The minimum atomic E-state index is -0.906. The minimum Gasteiger partial charge on any atom is -0.481 e. The van der Waals surface area contributed by atoms with Crippen LogP contribution in [-0.2, 0) is 4.79 Å². The molecule has 0 heterocycles. The maximum absolute atomic E-state index is 13.5. The van der Waals surface area contributed by atoms with E-state index in [2.05, 4.69) is 6.92 Å². The standard InChI is InChI=1S/C15H20FNO2/c1-9-5-7-10(8-6-9)13(15(18)19)11-3-2-4-12(16)14(11)17/h2-4,9-10,13H,5-8,17H2,1H3,(H,18,19). The molecule has 4 heteroatoms. The molecule has 0 radical (unpaired) electrons. The number of anilines is 1. The number of hydrogen-bond acceptors (Lipinski definition) is 2. The van der Waals surface area contributed by atoms with E-state index >= 15 is 0 Å². The Kier molecular flexibility index (Phi) is 4.08. The summed E-state index contributed by atoms with van der Waals surface area (Å²) in [6.07, 6.45) is 3.80. The topological polar surface area (TPSA) is 63.3 Å². The van der Waals surface area contributed by atoms with E-state index < -0.39 is 17.7 Å². The highest BCUT2D eigenvalue weighted by Gasteiger charge is 2.33. The summed E-state index contributed by atoms with van der Waals surface area (Å²) in [6.45, 7) is 2.18. The Balaban J connectivity index is 2.30. The van der Waals surface area contributed by atoms with Crippen LogP contribution in [0.2, 0.25) is 0 Å². The van der Waals surface area contributed by atoms with Gasteiger partial charge in [-0.2, -0.15) is 0 Å². The van der Waals surface area contributed by atoms with Gasteiger partial charge in [0, 0.05) is 0 Å². The van der Waals surface area contributed by atoms with Gasteiger partial charge in [0.05, 0.1) is 11.6 Å². The van der Waals surface area contributed by atoms with E-state index in [0.29, 0.717) is 11.5 Å². The van der Waals surface area contributed by atoms with E-state index in [1.165, 1.54) is 12.1 Å². The van der Waals surface area contributed by atoms with Gasteiger partial charge in [-0.3, -0.25) is 4.79 Å². The molecule has 1 aliphatic rings. The van der Waals surface area contributed by atoms with Gasteiger partial charge in [0.15, 0.2) is 0 Å². The Morgan fingerprint density at radius 2 is 2.00 bits per heavy atom. The van der Waals surface area contributed by atoms with E-state index in [0.717, 1.165) is 25.7 Å². The lowest BCUT2D eigenvalue weighted by Gasteiger charge is -2.31. The van der Waals surface area contributed by atoms with E-state index in [9.17, 15) is 14.3 Å². The first-order valence-electron chi connectivity index (χ1n) is 6.77. The summed E-state index contributed by atoms with van der Waals surface area (Å²) in [6, 6.07) is 4.43. The Bertz CT molecular complexity index is 467. The molecule has 3 nitrogen and oxygen atoms in total. The van der Waals surface area contributed by atoms with Crippen molar-refractivity contribution in [1.29, 1.82) is 0 Å². The van der Waals surface area contributed by atoms with Crippen LogP contribution < -0.4 is 5.73 Å². The summed E-state index contributed by atoms with van der Waals surface area (Å²) < 4.78 is 13.5. The molecule has 1 aromatic carbocycles. The molecular formula is C15H20FNO2. The van der Waals surface area contributed by atoms with Crippen LogP contribution in [-0.4, -0.2) is 11.1 Å². The lowest BCUT2D eigenvalue weighted by molar-refractivity contribution is -0.140. The molecule has 0 saturated heterocycles. The largest absolute Gasteiger partial charge is 0.481 e. The highest BCUT2D eigenvalue weighted by molar-refractivity contribution is 5.79. The van der Waals surface area contributed by atoms with Crippen molar-refractivity contribution in [3.63, 3.8) is 0 Å². The van der Waals surface area contributed by atoms with E-state index in [1.54, 1.807) is 6.07 Å². The van der Waals surface area contributed by atoms with Crippen LogP contribution in [0, 0.1) is 17.7 Å². The molecule has 1 saturated carbocycles. The van der Waals surface area contributed by atoms with Crippen molar-refractivity contribution < 1.29 is 14.3 Å². The van der Waals surface area contributed by atoms with Gasteiger partial charge >= 0.3 is 5.97 Å². The van der Waals surface area contributed by atoms with Crippen molar-refractivity contribution in [2.75, 3.05) is 5.73 Å². The van der Waals surface area contributed by atoms with Gasteiger partial charge in [0.25, 0.3) is 0 Å². The van der Waals surface area contributed by atoms with Gasteiger partial charge in [0.1, 0.15) is 5.82 Å². The second-order valence-corrected chi connectivity index (χ2v) is 5.58. The van der Waals surface area contributed by atoms with E-state index in [-0.39, 0.29) is 11.6 Å². The fourth-order valence-corrected chi connectivity index (χ4v) is 3.03. The van der Waals surface area contributed by atoms with Crippen molar-refractivity contribution >= 4 is 11.7 Å². The predicted molar refractivity (Wildman–Crippen MR) is 72.3 cm³/mol. The molecule has 0 bridgehead atoms. The number of carboxylic acid groups (broad SMARTS) is 1. The van der Waals surface area contributed by atoms with Crippen LogP contribution in [0.1, 0.15) is 44.1 Å². The number of para-hydroxylation sites is 1. The number of rotatable bonds is 3. The highest BCUT2D eigenvalue weighted by Crippen LogP contribution is 2.40. The molecule has 1 fully saturated rings. The van der Waals surface area contributed by atoms with Crippen molar-refractivity contribution in [3.8, 4) is 0 Å². The Hall–Kier alpha value is -1.58. The summed E-state index contributed by atoms with van der Waals surface area (Å²) in [5.74, 6) is -1.43. The number of carbonyl (C=O) groups is 1. The molecule has 104 valence electrons. The van der Waals surface area contributed by atoms with Crippen molar-refractivity contribution in [1.82, 2.24) is 0 Å². The van der Waals surface area contributed by atoms with Crippen LogP contribution in [0.3, 0.4) is 0 Å². The lowest BCUT2D eigenvalue weighted by atomic mass is 9.73. The zero-order valence-corrected chi connectivity index (χ0v) is 11.1. The summed E-state index contributed by atoms with van der Waals surface area (Å²) in [5.41, 5.74) is 6.12. The average molecular weight is 265 g/mol. The van der Waals surface area contributed by atoms with Gasteiger partial charge in [-0.1, -0.05) is 31.9 Å². The quantitative estimate of drug-likeness (QED) is 0.823. The zero-order valence-electron chi connectivity index (χ0n) is 11.1. The SMILES string of the molecule is CC1CCC(C(C(=O)O)c2cccc(F)c2N)CC1. The van der Waals surface area contributed by atoms with Gasteiger partial charge in [0.2, 0.25) is 0 Å². The van der Waals surface area contributed by atoms with E-state index in [4.69, 9.17) is 5.73 Å². The third kappa shape index (κ3) is 2.88. The Morgan fingerprint density at radius 1 is 1.37 bits per heavy atom. The predicted octanol–water partition coefficient (Wildman–Crippen LogP) is 3.40. The maximum Gasteiger partial charge on any atom is 0.311 e. The van der Waals surface area contributed by atoms with Crippen LogP contribution >= 0.6 is 0 Å². The second-order valence-electron chi connectivity index (χ2n) is 5.58. The molecular weight excluding hydrogens is 245 g/mol. The molecule has 0 spiro atoms. The Morgan fingerprint density at radius 3 is 2.58 bits per heavy atom. The van der Waals surface area contributed by atoms with Gasteiger partial charge in [-0.25, -0.2) is 4.39 Å². The molecule has 19 heavy (non-hydrogen) atoms. The van der Waals surface area contributed by atoms with Crippen molar-refractivity contribution in [2.24, 2.45) is 11.8 Å². The zero-order chi connectivity index (χ0) is 14.0. The molecule has 2 rings (SSSR count). The first kappa shape index (κ1) is 13.8. The van der Waals surface area contributed by atoms with Crippen LogP contribution in [0.5, 0.6) is 0 Å².